The molecule has 5 heteroatoms. The first-order valence-corrected chi connectivity index (χ1v) is 6.57. The van der Waals surface area contributed by atoms with Crippen LogP contribution in [0.4, 0.5) is 0 Å². The maximum absolute atomic E-state index is 11.2. The molecule has 0 bridgehead atoms. The number of hydrogen-bond acceptors (Lipinski definition) is 3. The normalized spacial score (nSPS) is 22.4. The van der Waals surface area contributed by atoms with Crippen molar-refractivity contribution in [3.63, 3.8) is 0 Å². The van der Waals surface area contributed by atoms with Gasteiger partial charge in [-0.3, -0.25) is 4.79 Å². The largest absolute Gasteiger partial charge is 0.339 e. The molecule has 1 aliphatic heterocycles. The number of carbonyl (C=O) groups is 1. The molecule has 1 fully saturated rings. The molecule has 0 N–H and O–H groups in total. The van der Waals surface area contributed by atoms with Crippen molar-refractivity contribution in [2.75, 3.05) is 25.1 Å². The molecule has 80 valence electrons. The lowest BCUT2D eigenvalue weighted by atomic mass is 10.2. The van der Waals surface area contributed by atoms with Crippen molar-refractivity contribution in [3.8, 4) is 0 Å². The number of rotatable bonds is 3. The number of amides is 1. The van der Waals surface area contributed by atoms with E-state index >= 15 is 0 Å². The summed E-state index contributed by atoms with van der Waals surface area (Å²) in [5.41, 5.74) is 0. The van der Waals surface area contributed by atoms with Gasteiger partial charge in [0.15, 0.2) is 0 Å². The van der Waals surface area contributed by atoms with E-state index in [-0.39, 0.29) is 17.6 Å². The average molecular weight is 217 g/mol. The van der Waals surface area contributed by atoms with Gasteiger partial charge in [-0.1, -0.05) is 6.58 Å². The van der Waals surface area contributed by atoms with E-state index < -0.39 is 9.84 Å². The highest BCUT2D eigenvalue weighted by Gasteiger charge is 2.27. The second-order valence-corrected chi connectivity index (χ2v) is 5.92. The molecule has 1 heterocycles. The summed E-state index contributed by atoms with van der Waals surface area (Å²) < 4.78 is 22.0. The lowest BCUT2D eigenvalue weighted by Crippen LogP contribution is -2.27. The van der Waals surface area contributed by atoms with Crippen LogP contribution in [0.2, 0.25) is 0 Å². The molecule has 14 heavy (non-hydrogen) atoms. The second-order valence-electron chi connectivity index (χ2n) is 3.74. The Hall–Kier alpha value is -0.840. The maximum atomic E-state index is 11.2. The third-order valence-electron chi connectivity index (χ3n) is 2.31. The molecule has 1 amide bonds. The molecule has 1 atom stereocenters. The number of nitrogens with zero attached hydrogens (tertiary/aromatic N) is 1. The Morgan fingerprint density at radius 3 is 2.79 bits per heavy atom. The topological polar surface area (TPSA) is 54.5 Å². The van der Waals surface area contributed by atoms with Crippen molar-refractivity contribution in [1.82, 2.24) is 4.90 Å². The lowest BCUT2D eigenvalue weighted by molar-refractivity contribution is -0.125. The highest BCUT2D eigenvalue weighted by molar-refractivity contribution is 7.90. The zero-order valence-corrected chi connectivity index (χ0v) is 9.09. The van der Waals surface area contributed by atoms with Gasteiger partial charge < -0.3 is 4.90 Å². The summed E-state index contributed by atoms with van der Waals surface area (Å²) >= 11 is 0. The zero-order valence-electron chi connectivity index (χ0n) is 8.27. The third kappa shape index (κ3) is 3.14. The fourth-order valence-electron chi connectivity index (χ4n) is 1.73. The van der Waals surface area contributed by atoms with Gasteiger partial charge in [0.25, 0.3) is 0 Å². The van der Waals surface area contributed by atoms with Crippen molar-refractivity contribution in [3.05, 3.63) is 12.7 Å². The van der Waals surface area contributed by atoms with Gasteiger partial charge in [-0.05, 0) is 18.4 Å². The van der Waals surface area contributed by atoms with Gasteiger partial charge >= 0.3 is 0 Å². The van der Waals surface area contributed by atoms with Crippen LogP contribution in [0, 0.1) is 5.92 Å². The molecule has 0 aliphatic carbocycles. The first kappa shape index (κ1) is 11.2. The van der Waals surface area contributed by atoms with Gasteiger partial charge in [-0.15, -0.1) is 0 Å². The van der Waals surface area contributed by atoms with E-state index in [9.17, 15) is 13.2 Å². The van der Waals surface area contributed by atoms with E-state index in [1.807, 2.05) is 0 Å². The minimum atomic E-state index is -2.93. The van der Waals surface area contributed by atoms with E-state index in [0.717, 1.165) is 6.42 Å². The van der Waals surface area contributed by atoms with Gasteiger partial charge in [-0.2, -0.15) is 0 Å². The summed E-state index contributed by atoms with van der Waals surface area (Å²) in [5.74, 6) is 0.156. The predicted molar refractivity (Wildman–Crippen MR) is 54.6 cm³/mol. The summed E-state index contributed by atoms with van der Waals surface area (Å²) in [7, 11) is -2.93. The molecule has 0 radical (unpaired) electrons. The van der Waals surface area contributed by atoms with Crippen molar-refractivity contribution in [2.24, 2.45) is 5.92 Å². The van der Waals surface area contributed by atoms with E-state index in [2.05, 4.69) is 6.58 Å². The van der Waals surface area contributed by atoms with Crippen molar-refractivity contribution in [2.45, 2.75) is 6.42 Å². The van der Waals surface area contributed by atoms with Crippen molar-refractivity contribution in [1.29, 1.82) is 0 Å². The first-order valence-electron chi connectivity index (χ1n) is 4.51. The van der Waals surface area contributed by atoms with E-state index in [1.165, 1.54) is 12.3 Å². The van der Waals surface area contributed by atoms with Gasteiger partial charge in [0, 0.05) is 19.3 Å². The number of likely N-dealkylation sites (tertiary alicyclic amines) is 1. The molecule has 0 spiro atoms. The molecule has 0 aromatic heterocycles. The summed E-state index contributed by atoms with van der Waals surface area (Å²) in [6, 6.07) is 0. The molecule has 1 rings (SSSR count). The molecule has 0 aromatic rings. The SMILES string of the molecule is C=CC(=O)N1CC[C@H](CS(C)(=O)=O)C1. The monoisotopic (exact) mass is 217 g/mol. The quantitative estimate of drug-likeness (QED) is 0.628. The van der Waals surface area contributed by atoms with E-state index in [1.54, 1.807) is 4.90 Å². The summed E-state index contributed by atoms with van der Waals surface area (Å²) in [6.07, 6.45) is 3.26. The minimum Gasteiger partial charge on any atom is -0.339 e. The van der Waals surface area contributed by atoms with Crippen LogP contribution in [-0.2, 0) is 14.6 Å². The minimum absolute atomic E-state index is 0.0916. The number of carbonyl (C=O) groups excluding carboxylic acids is 1. The standard InChI is InChI=1S/C9H15NO3S/c1-3-9(11)10-5-4-8(6-10)7-14(2,12)13/h3,8H,1,4-7H2,2H3/t8-/m0/s1. The second kappa shape index (κ2) is 4.13. The van der Waals surface area contributed by atoms with Crippen LogP contribution >= 0.6 is 0 Å². The molecule has 4 nitrogen and oxygen atoms in total. The molecule has 0 aromatic carbocycles. The smallest absolute Gasteiger partial charge is 0.245 e. The fraction of sp³-hybridized carbons (Fsp3) is 0.667. The molecule has 0 unspecified atom stereocenters. The average Bonchev–Trinajstić information content (AvgIpc) is 2.48. The van der Waals surface area contributed by atoms with Crippen LogP contribution in [0.1, 0.15) is 6.42 Å². The lowest BCUT2D eigenvalue weighted by Gasteiger charge is -2.13. The van der Waals surface area contributed by atoms with E-state index in [0.29, 0.717) is 13.1 Å². The van der Waals surface area contributed by atoms with Crippen molar-refractivity contribution < 1.29 is 13.2 Å². The Labute approximate surface area is 84.5 Å². The predicted octanol–water partition coefficient (Wildman–Crippen LogP) is 0.0655. The highest BCUT2D eigenvalue weighted by Crippen LogP contribution is 2.17. The Bertz CT molecular complexity index is 334. The maximum Gasteiger partial charge on any atom is 0.245 e. The number of hydrogen-bond donors (Lipinski definition) is 0. The Kier molecular flexibility index (Phi) is 3.31. The Morgan fingerprint density at radius 2 is 2.29 bits per heavy atom. The van der Waals surface area contributed by atoms with Crippen LogP contribution in [0.25, 0.3) is 0 Å². The van der Waals surface area contributed by atoms with Crippen LogP contribution in [0.15, 0.2) is 12.7 Å². The first-order chi connectivity index (χ1) is 6.42. The molecule has 1 saturated heterocycles. The van der Waals surface area contributed by atoms with Crippen LogP contribution in [-0.4, -0.2) is 44.3 Å². The highest BCUT2D eigenvalue weighted by atomic mass is 32.2. The zero-order chi connectivity index (χ0) is 10.8. The summed E-state index contributed by atoms with van der Waals surface area (Å²) in [5, 5.41) is 0. The molecule has 1 aliphatic rings. The molecule has 0 saturated carbocycles. The third-order valence-corrected chi connectivity index (χ3v) is 3.39. The number of sulfone groups is 1. The summed E-state index contributed by atoms with van der Waals surface area (Å²) in [4.78, 5) is 12.8. The van der Waals surface area contributed by atoms with Gasteiger partial charge in [0.05, 0.1) is 5.75 Å². The molecular weight excluding hydrogens is 202 g/mol. The fourth-order valence-corrected chi connectivity index (χ4v) is 2.85. The van der Waals surface area contributed by atoms with Crippen LogP contribution < -0.4 is 0 Å². The van der Waals surface area contributed by atoms with Crippen LogP contribution in [0.5, 0.6) is 0 Å². The Balaban J connectivity index is 2.50. The van der Waals surface area contributed by atoms with Gasteiger partial charge in [-0.25, -0.2) is 8.42 Å². The van der Waals surface area contributed by atoms with Crippen molar-refractivity contribution >= 4 is 15.7 Å². The van der Waals surface area contributed by atoms with Gasteiger partial charge in [0.1, 0.15) is 9.84 Å². The Morgan fingerprint density at radius 1 is 1.64 bits per heavy atom. The van der Waals surface area contributed by atoms with Gasteiger partial charge in [0.2, 0.25) is 5.91 Å². The van der Waals surface area contributed by atoms with Crippen LogP contribution in [0.3, 0.4) is 0 Å². The summed E-state index contributed by atoms with van der Waals surface area (Å²) in [6.45, 7) is 4.58. The molecular formula is C9H15NO3S. The van der Waals surface area contributed by atoms with E-state index in [4.69, 9.17) is 0 Å².